The third-order valence-corrected chi connectivity index (χ3v) is 4.62. The van der Waals surface area contributed by atoms with Crippen molar-refractivity contribution < 1.29 is 13.5 Å². The Labute approximate surface area is 108 Å². The largest absolute Gasteiger partial charge is 0.395 e. The highest BCUT2D eigenvalue weighted by Crippen LogP contribution is 2.18. The zero-order chi connectivity index (χ0) is 13.8. The monoisotopic (exact) mass is 273 g/mol. The molecule has 0 aliphatic carbocycles. The summed E-state index contributed by atoms with van der Waals surface area (Å²) in [6.45, 7) is 3.99. The fraction of sp³-hybridized carbons (Fsp3) is 0.545. The average molecular weight is 273 g/mol. The fourth-order valence-corrected chi connectivity index (χ4v) is 2.73. The Bertz CT molecular complexity index is 490. The summed E-state index contributed by atoms with van der Waals surface area (Å²) in [5.74, 6) is 0.517. The minimum atomic E-state index is -3.60. The number of hydrogen-bond acceptors (Lipinski definition) is 5. The zero-order valence-electron chi connectivity index (χ0n) is 10.8. The molecule has 1 aromatic heterocycles. The van der Waals surface area contributed by atoms with Gasteiger partial charge in [0.1, 0.15) is 5.82 Å². The summed E-state index contributed by atoms with van der Waals surface area (Å²) in [7, 11) is -2.15. The predicted octanol–water partition coefficient (Wildman–Crippen LogP) is 0.515. The van der Waals surface area contributed by atoms with Gasteiger partial charge in [-0.3, -0.25) is 0 Å². The van der Waals surface area contributed by atoms with E-state index in [4.69, 9.17) is 5.11 Å². The van der Waals surface area contributed by atoms with Gasteiger partial charge in [-0.2, -0.15) is 4.31 Å². The summed E-state index contributed by atoms with van der Waals surface area (Å²) < 4.78 is 25.6. The van der Waals surface area contributed by atoms with Gasteiger partial charge in [-0.1, -0.05) is 0 Å². The molecule has 1 atom stereocenters. The Kier molecular flexibility index (Phi) is 5.06. The SMILES string of the molecule is CCNc1cc(S(=O)(=O)N(C)C(C)CO)ccn1. The number of nitrogens with one attached hydrogen (secondary N) is 1. The molecular weight excluding hydrogens is 254 g/mol. The number of aliphatic hydroxyl groups is 1. The van der Waals surface area contributed by atoms with Crippen LogP contribution in [0.15, 0.2) is 23.2 Å². The van der Waals surface area contributed by atoms with Gasteiger partial charge in [-0.15, -0.1) is 0 Å². The van der Waals surface area contributed by atoms with Gasteiger partial charge in [-0.05, 0) is 19.9 Å². The highest BCUT2D eigenvalue weighted by Gasteiger charge is 2.25. The van der Waals surface area contributed by atoms with Crippen molar-refractivity contribution in [2.45, 2.75) is 24.8 Å². The number of sulfonamides is 1. The van der Waals surface area contributed by atoms with E-state index >= 15 is 0 Å². The second-order valence-corrected chi connectivity index (χ2v) is 5.96. The summed E-state index contributed by atoms with van der Waals surface area (Å²) in [4.78, 5) is 4.19. The van der Waals surface area contributed by atoms with E-state index in [1.807, 2.05) is 6.92 Å². The van der Waals surface area contributed by atoms with Gasteiger partial charge in [0.05, 0.1) is 11.5 Å². The standard InChI is InChI=1S/C11H19N3O3S/c1-4-12-11-7-10(5-6-13-11)18(16,17)14(3)9(2)8-15/h5-7,9,15H,4,8H2,1-3H3,(H,12,13). The summed E-state index contributed by atoms with van der Waals surface area (Å²) in [5.41, 5.74) is 0. The Morgan fingerprint density at radius 3 is 2.78 bits per heavy atom. The van der Waals surface area contributed by atoms with Gasteiger partial charge < -0.3 is 10.4 Å². The van der Waals surface area contributed by atoms with Crippen LogP contribution in [-0.2, 0) is 10.0 Å². The van der Waals surface area contributed by atoms with Gasteiger partial charge >= 0.3 is 0 Å². The molecule has 18 heavy (non-hydrogen) atoms. The van der Waals surface area contributed by atoms with Crippen molar-refractivity contribution in [1.29, 1.82) is 0 Å². The van der Waals surface area contributed by atoms with Crippen molar-refractivity contribution in [2.24, 2.45) is 0 Å². The Morgan fingerprint density at radius 2 is 2.22 bits per heavy atom. The molecule has 1 unspecified atom stereocenters. The number of pyridine rings is 1. The Morgan fingerprint density at radius 1 is 1.56 bits per heavy atom. The van der Waals surface area contributed by atoms with Gasteiger partial charge in [0.15, 0.2) is 0 Å². The van der Waals surface area contributed by atoms with Crippen molar-refractivity contribution in [1.82, 2.24) is 9.29 Å². The van der Waals surface area contributed by atoms with Crippen LogP contribution in [0, 0.1) is 0 Å². The minimum Gasteiger partial charge on any atom is -0.395 e. The summed E-state index contributed by atoms with van der Waals surface area (Å²) in [6.07, 6.45) is 1.45. The van der Waals surface area contributed by atoms with Gasteiger partial charge in [-0.25, -0.2) is 13.4 Å². The molecule has 0 amide bonds. The third-order valence-electron chi connectivity index (χ3n) is 2.65. The van der Waals surface area contributed by atoms with Crippen LogP contribution >= 0.6 is 0 Å². The lowest BCUT2D eigenvalue weighted by Crippen LogP contribution is -2.37. The molecule has 0 aliphatic rings. The first kappa shape index (κ1) is 14.9. The smallest absolute Gasteiger partial charge is 0.243 e. The number of rotatable bonds is 6. The predicted molar refractivity (Wildman–Crippen MR) is 69.9 cm³/mol. The van der Waals surface area contributed by atoms with Gasteiger partial charge in [0.25, 0.3) is 0 Å². The number of aromatic nitrogens is 1. The first-order valence-corrected chi connectivity index (χ1v) is 7.16. The molecule has 0 saturated carbocycles. The molecule has 6 nitrogen and oxygen atoms in total. The maximum Gasteiger partial charge on any atom is 0.243 e. The van der Waals surface area contributed by atoms with Crippen LogP contribution in [0.2, 0.25) is 0 Å². The molecule has 0 spiro atoms. The van der Waals surface area contributed by atoms with Crippen LogP contribution in [0.25, 0.3) is 0 Å². The fourth-order valence-electron chi connectivity index (χ4n) is 1.37. The third kappa shape index (κ3) is 3.18. The number of aliphatic hydroxyl groups excluding tert-OH is 1. The van der Waals surface area contributed by atoms with E-state index in [1.54, 1.807) is 6.92 Å². The Hall–Kier alpha value is -1.18. The average Bonchev–Trinajstić information content (AvgIpc) is 2.37. The van der Waals surface area contributed by atoms with Crippen LogP contribution in [0.5, 0.6) is 0 Å². The number of anilines is 1. The summed E-state index contributed by atoms with van der Waals surface area (Å²) in [5, 5.41) is 12.0. The molecule has 1 rings (SSSR count). The number of hydrogen-bond donors (Lipinski definition) is 2. The molecule has 0 saturated heterocycles. The van der Waals surface area contributed by atoms with E-state index in [-0.39, 0.29) is 11.5 Å². The second kappa shape index (κ2) is 6.12. The molecule has 0 bridgehead atoms. The van der Waals surface area contributed by atoms with Gasteiger partial charge in [0, 0.05) is 31.9 Å². The summed E-state index contributed by atoms with van der Waals surface area (Å²) in [6, 6.07) is 2.46. The van der Waals surface area contributed by atoms with Crippen molar-refractivity contribution in [3.8, 4) is 0 Å². The molecule has 1 aromatic rings. The second-order valence-electron chi connectivity index (χ2n) is 3.96. The van der Waals surface area contributed by atoms with E-state index in [2.05, 4.69) is 10.3 Å². The quantitative estimate of drug-likeness (QED) is 0.789. The lowest BCUT2D eigenvalue weighted by molar-refractivity contribution is 0.214. The maximum absolute atomic E-state index is 12.2. The number of nitrogens with zero attached hydrogens (tertiary/aromatic N) is 2. The topological polar surface area (TPSA) is 82.5 Å². The lowest BCUT2D eigenvalue weighted by atomic mass is 10.4. The van der Waals surface area contributed by atoms with Crippen LogP contribution in [0.4, 0.5) is 5.82 Å². The molecule has 7 heteroatoms. The van der Waals surface area contributed by atoms with Crippen molar-refractivity contribution in [3.63, 3.8) is 0 Å². The molecule has 0 aliphatic heterocycles. The molecule has 0 radical (unpaired) electrons. The molecule has 0 fully saturated rings. The van der Waals surface area contributed by atoms with Crippen molar-refractivity contribution >= 4 is 15.8 Å². The first-order valence-electron chi connectivity index (χ1n) is 5.72. The van der Waals surface area contributed by atoms with E-state index in [0.29, 0.717) is 12.4 Å². The van der Waals surface area contributed by atoms with Crippen LogP contribution in [0.3, 0.4) is 0 Å². The molecule has 2 N–H and O–H groups in total. The summed E-state index contributed by atoms with van der Waals surface area (Å²) >= 11 is 0. The lowest BCUT2D eigenvalue weighted by Gasteiger charge is -2.22. The Balaban J connectivity index is 3.08. The molecule has 0 aromatic carbocycles. The minimum absolute atomic E-state index is 0.163. The van der Waals surface area contributed by atoms with E-state index in [0.717, 1.165) is 4.31 Å². The normalized spacial score (nSPS) is 13.6. The van der Waals surface area contributed by atoms with Crippen molar-refractivity contribution in [3.05, 3.63) is 18.3 Å². The highest BCUT2D eigenvalue weighted by molar-refractivity contribution is 7.89. The van der Waals surface area contributed by atoms with Gasteiger partial charge in [0.2, 0.25) is 10.0 Å². The molecule has 1 heterocycles. The highest BCUT2D eigenvalue weighted by atomic mass is 32.2. The van der Waals surface area contributed by atoms with Crippen LogP contribution < -0.4 is 5.32 Å². The van der Waals surface area contributed by atoms with E-state index < -0.39 is 16.1 Å². The maximum atomic E-state index is 12.2. The van der Waals surface area contributed by atoms with Crippen molar-refractivity contribution in [2.75, 3.05) is 25.5 Å². The zero-order valence-corrected chi connectivity index (χ0v) is 11.6. The number of likely N-dealkylation sites (N-methyl/N-ethyl adjacent to an activating group) is 1. The van der Waals surface area contributed by atoms with E-state index in [9.17, 15) is 8.42 Å². The molecular formula is C11H19N3O3S. The van der Waals surface area contributed by atoms with E-state index in [1.165, 1.54) is 25.4 Å². The van der Waals surface area contributed by atoms with Crippen LogP contribution in [-0.4, -0.2) is 49.1 Å². The molecule has 102 valence electrons. The van der Waals surface area contributed by atoms with Crippen LogP contribution in [0.1, 0.15) is 13.8 Å². The first-order chi connectivity index (χ1) is 8.43.